The number of ether oxygens (including phenoxy) is 1. The summed E-state index contributed by atoms with van der Waals surface area (Å²) >= 11 is 0. The van der Waals surface area contributed by atoms with Crippen LogP contribution in [0.1, 0.15) is 5.56 Å². The van der Waals surface area contributed by atoms with Crippen LogP contribution in [0.2, 0.25) is 0 Å². The first kappa shape index (κ1) is 13.8. The largest absolute Gasteiger partial charge is 0.487 e. The van der Waals surface area contributed by atoms with E-state index in [0.29, 0.717) is 6.54 Å². The van der Waals surface area contributed by atoms with Crippen LogP contribution < -0.4 is 10.1 Å². The lowest BCUT2D eigenvalue weighted by Gasteiger charge is -2.16. The lowest BCUT2D eigenvalue weighted by molar-refractivity contribution is -0.148. The maximum Gasteiger partial charge on any atom is 0.340 e. The van der Waals surface area contributed by atoms with E-state index in [1.54, 1.807) is 19.2 Å². The molecule has 2 nitrogen and oxygen atoms in total. The predicted molar refractivity (Wildman–Crippen MR) is 55.7 cm³/mol. The van der Waals surface area contributed by atoms with Gasteiger partial charge in [-0.2, -0.15) is 8.78 Å². The highest BCUT2D eigenvalue weighted by atomic mass is 19.3. The van der Waals surface area contributed by atoms with Gasteiger partial charge in [-0.3, -0.25) is 0 Å². The van der Waals surface area contributed by atoms with Crippen LogP contribution in [0.25, 0.3) is 0 Å². The SMILES string of the molecule is CNCc1ccc(OCC(F)(F)C(F)F)cc1. The minimum Gasteiger partial charge on any atom is -0.487 e. The van der Waals surface area contributed by atoms with Crippen molar-refractivity contribution in [3.8, 4) is 5.75 Å². The minimum absolute atomic E-state index is 0.144. The molecule has 0 bridgehead atoms. The summed E-state index contributed by atoms with van der Waals surface area (Å²) in [6.07, 6.45) is -3.72. The summed E-state index contributed by atoms with van der Waals surface area (Å²) in [4.78, 5) is 0. The van der Waals surface area contributed by atoms with E-state index in [0.717, 1.165) is 5.56 Å². The standard InChI is InChI=1S/C11H13F4NO/c1-16-6-8-2-4-9(5-3-8)17-7-11(14,15)10(12)13/h2-5,10,16H,6-7H2,1H3. The maximum absolute atomic E-state index is 12.5. The number of hydrogen-bond donors (Lipinski definition) is 1. The smallest absolute Gasteiger partial charge is 0.340 e. The molecule has 0 aromatic heterocycles. The van der Waals surface area contributed by atoms with Crippen molar-refractivity contribution in [3.05, 3.63) is 29.8 Å². The highest BCUT2D eigenvalue weighted by Crippen LogP contribution is 2.24. The van der Waals surface area contributed by atoms with Crippen molar-refractivity contribution in [3.63, 3.8) is 0 Å². The van der Waals surface area contributed by atoms with Crippen LogP contribution in [0.3, 0.4) is 0 Å². The number of hydrogen-bond acceptors (Lipinski definition) is 2. The van der Waals surface area contributed by atoms with Gasteiger partial charge in [-0.25, -0.2) is 8.78 Å². The van der Waals surface area contributed by atoms with Crippen molar-refractivity contribution in [1.82, 2.24) is 5.32 Å². The average molecular weight is 251 g/mol. The molecule has 0 aliphatic rings. The van der Waals surface area contributed by atoms with E-state index in [2.05, 4.69) is 10.1 Å². The number of halogens is 4. The molecule has 0 radical (unpaired) electrons. The summed E-state index contributed by atoms with van der Waals surface area (Å²) < 4.78 is 53.4. The molecule has 0 unspecified atom stereocenters. The Bertz CT molecular complexity index is 340. The van der Waals surface area contributed by atoms with E-state index in [9.17, 15) is 17.6 Å². The van der Waals surface area contributed by atoms with Crippen LogP contribution >= 0.6 is 0 Å². The van der Waals surface area contributed by atoms with Gasteiger partial charge >= 0.3 is 12.3 Å². The van der Waals surface area contributed by atoms with E-state index in [-0.39, 0.29) is 5.75 Å². The molecule has 0 heterocycles. The summed E-state index contributed by atoms with van der Waals surface area (Å²) in [5, 5.41) is 2.91. The van der Waals surface area contributed by atoms with Crippen LogP contribution in [0.5, 0.6) is 5.75 Å². The second kappa shape index (κ2) is 5.86. The molecular formula is C11H13F4NO. The zero-order valence-electron chi connectivity index (χ0n) is 9.22. The topological polar surface area (TPSA) is 21.3 Å². The highest BCUT2D eigenvalue weighted by molar-refractivity contribution is 5.27. The van der Waals surface area contributed by atoms with Gasteiger partial charge in [0.15, 0.2) is 6.61 Å². The molecule has 0 saturated heterocycles. The first-order chi connectivity index (χ1) is 7.95. The van der Waals surface area contributed by atoms with Crippen LogP contribution in [-0.2, 0) is 6.54 Å². The molecule has 96 valence electrons. The van der Waals surface area contributed by atoms with E-state index in [4.69, 9.17) is 0 Å². The molecule has 0 fully saturated rings. The molecule has 0 saturated carbocycles. The van der Waals surface area contributed by atoms with Gasteiger partial charge in [0, 0.05) is 6.54 Å². The zero-order valence-corrected chi connectivity index (χ0v) is 9.22. The summed E-state index contributed by atoms with van der Waals surface area (Å²) in [5.41, 5.74) is 0.945. The van der Waals surface area contributed by atoms with Crippen LogP contribution in [0.4, 0.5) is 17.6 Å². The fourth-order valence-corrected chi connectivity index (χ4v) is 1.15. The Kier molecular flexibility index (Phi) is 4.74. The third-order valence-electron chi connectivity index (χ3n) is 2.05. The molecular weight excluding hydrogens is 238 g/mol. The molecule has 0 aliphatic carbocycles. The quantitative estimate of drug-likeness (QED) is 0.785. The number of alkyl halides is 4. The molecule has 1 rings (SSSR count). The molecule has 6 heteroatoms. The minimum atomic E-state index is -4.12. The van der Waals surface area contributed by atoms with Gasteiger partial charge in [-0.05, 0) is 24.7 Å². The molecule has 1 N–H and O–H groups in total. The van der Waals surface area contributed by atoms with Crippen molar-refractivity contribution in [1.29, 1.82) is 0 Å². The molecule has 0 aliphatic heterocycles. The van der Waals surface area contributed by atoms with Crippen molar-refractivity contribution < 1.29 is 22.3 Å². The number of rotatable bonds is 6. The van der Waals surface area contributed by atoms with Crippen LogP contribution in [-0.4, -0.2) is 26.0 Å². The summed E-state index contributed by atoms with van der Waals surface area (Å²) in [5.74, 6) is -3.98. The first-order valence-electron chi connectivity index (χ1n) is 4.98. The fraction of sp³-hybridized carbons (Fsp3) is 0.455. The molecule has 1 aromatic rings. The second-order valence-electron chi connectivity index (χ2n) is 3.52. The maximum atomic E-state index is 12.5. The Balaban J connectivity index is 2.52. The van der Waals surface area contributed by atoms with E-state index >= 15 is 0 Å². The fourth-order valence-electron chi connectivity index (χ4n) is 1.15. The Morgan fingerprint density at radius 2 is 1.82 bits per heavy atom. The van der Waals surface area contributed by atoms with E-state index < -0.39 is 19.0 Å². The zero-order chi connectivity index (χ0) is 12.9. The van der Waals surface area contributed by atoms with Gasteiger partial charge in [0.2, 0.25) is 0 Å². The highest BCUT2D eigenvalue weighted by Gasteiger charge is 2.41. The van der Waals surface area contributed by atoms with Crippen molar-refractivity contribution in [2.75, 3.05) is 13.7 Å². The Morgan fingerprint density at radius 3 is 2.29 bits per heavy atom. The Hall–Kier alpha value is -1.30. The number of nitrogens with one attached hydrogen (secondary N) is 1. The van der Waals surface area contributed by atoms with Gasteiger partial charge in [0.05, 0.1) is 0 Å². The molecule has 0 atom stereocenters. The van der Waals surface area contributed by atoms with Crippen molar-refractivity contribution in [2.24, 2.45) is 0 Å². The first-order valence-corrected chi connectivity index (χ1v) is 4.98. The van der Waals surface area contributed by atoms with Crippen molar-refractivity contribution in [2.45, 2.75) is 18.9 Å². The van der Waals surface area contributed by atoms with Crippen LogP contribution in [0, 0.1) is 0 Å². The third-order valence-corrected chi connectivity index (χ3v) is 2.05. The monoisotopic (exact) mass is 251 g/mol. The lowest BCUT2D eigenvalue weighted by atomic mass is 10.2. The van der Waals surface area contributed by atoms with E-state index in [1.165, 1.54) is 12.1 Å². The summed E-state index contributed by atoms with van der Waals surface area (Å²) in [6, 6.07) is 6.28. The van der Waals surface area contributed by atoms with Crippen molar-refractivity contribution >= 4 is 0 Å². The van der Waals surface area contributed by atoms with Gasteiger partial charge in [-0.15, -0.1) is 0 Å². The molecule has 17 heavy (non-hydrogen) atoms. The van der Waals surface area contributed by atoms with Gasteiger partial charge in [0.1, 0.15) is 5.75 Å². The Morgan fingerprint density at radius 1 is 1.24 bits per heavy atom. The molecule has 1 aromatic carbocycles. The van der Waals surface area contributed by atoms with Gasteiger partial charge < -0.3 is 10.1 Å². The van der Waals surface area contributed by atoms with Gasteiger partial charge in [-0.1, -0.05) is 12.1 Å². The molecule has 0 spiro atoms. The summed E-state index contributed by atoms with van der Waals surface area (Å²) in [7, 11) is 1.77. The van der Waals surface area contributed by atoms with Crippen LogP contribution in [0.15, 0.2) is 24.3 Å². The van der Waals surface area contributed by atoms with Gasteiger partial charge in [0.25, 0.3) is 0 Å². The number of benzene rings is 1. The lowest BCUT2D eigenvalue weighted by Crippen LogP contribution is -2.33. The summed E-state index contributed by atoms with van der Waals surface area (Å²) in [6.45, 7) is -0.691. The normalized spacial score (nSPS) is 11.9. The molecule has 0 amide bonds. The van der Waals surface area contributed by atoms with E-state index in [1.807, 2.05) is 0 Å². The second-order valence-corrected chi connectivity index (χ2v) is 3.52. The Labute approximate surface area is 96.6 Å². The predicted octanol–water partition coefficient (Wildman–Crippen LogP) is 2.69. The average Bonchev–Trinajstić information content (AvgIpc) is 2.28. The third kappa shape index (κ3) is 4.22.